The van der Waals surface area contributed by atoms with E-state index in [1.54, 1.807) is 36.4 Å². The predicted octanol–water partition coefficient (Wildman–Crippen LogP) is 4.88. The van der Waals surface area contributed by atoms with Crippen molar-refractivity contribution in [1.82, 2.24) is 0 Å². The molecule has 0 unspecified atom stereocenters. The number of amides is 2. The maximum atomic E-state index is 12.9. The van der Waals surface area contributed by atoms with Crippen molar-refractivity contribution in [3.8, 4) is 5.75 Å². The normalized spacial score (nSPS) is 27.6. The second-order valence-electron chi connectivity index (χ2n) is 7.54. The van der Waals surface area contributed by atoms with Gasteiger partial charge < -0.3 is 4.74 Å². The Morgan fingerprint density at radius 1 is 0.893 bits per heavy atom. The van der Waals surface area contributed by atoms with Crippen molar-refractivity contribution in [2.24, 2.45) is 23.7 Å². The molecule has 4 nitrogen and oxygen atoms in total. The van der Waals surface area contributed by atoms with E-state index in [1.807, 2.05) is 6.07 Å². The van der Waals surface area contributed by atoms with Crippen molar-refractivity contribution in [2.75, 3.05) is 4.90 Å². The Hall–Kier alpha value is -2.30. The quantitative estimate of drug-likeness (QED) is 0.529. The molecule has 2 amide bonds. The van der Waals surface area contributed by atoms with Crippen LogP contribution in [0.25, 0.3) is 0 Å². The lowest BCUT2D eigenvalue weighted by molar-refractivity contribution is -0.123. The molecule has 4 atom stereocenters. The highest BCUT2D eigenvalue weighted by molar-refractivity contribution is 6.42. The summed E-state index contributed by atoms with van der Waals surface area (Å²) >= 11 is 11.9. The average Bonchev–Trinajstić information content (AvgIpc) is 3.37. The molecule has 0 spiro atoms. The van der Waals surface area contributed by atoms with Crippen LogP contribution < -0.4 is 9.64 Å². The number of fused-ring (bicyclic) bond motifs is 5. The SMILES string of the molecule is O=C1[C@@H]2[C@H](C(=O)N1c1ccc(OCc3ccc(Cl)c(Cl)c3)cc1)[C@@H]1C=C[C@H]2C1. The predicted molar refractivity (Wildman–Crippen MR) is 107 cm³/mol. The standard InChI is InChI=1S/C22H17Cl2NO3/c23-17-8-1-12(9-18(17)24)11-28-16-6-4-15(5-7-16)25-21(26)19-13-2-3-14(10-13)20(19)22(25)27/h1-9,13-14,19-20H,10-11H2/t13-,14+,19-,20+. The molecule has 1 saturated heterocycles. The summed E-state index contributed by atoms with van der Waals surface area (Å²) in [4.78, 5) is 27.1. The molecule has 0 radical (unpaired) electrons. The smallest absolute Gasteiger partial charge is 0.238 e. The minimum atomic E-state index is -0.187. The summed E-state index contributed by atoms with van der Waals surface area (Å²) in [5.41, 5.74) is 1.50. The number of allylic oxidation sites excluding steroid dienone is 2. The first-order valence-electron chi connectivity index (χ1n) is 9.26. The second-order valence-corrected chi connectivity index (χ2v) is 8.36. The van der Waals surface area contributed by atoms with Gasteiger partial charge in [0.2, 0.25) is 11.8 Å². The summed E-state index contributed by atoms with van der Waals surface area (Å²) in [6.45, 7) is 0.344. The van der Waals surface area contributed by atoms with Gasteiger partial charge in [-0.05, 0) is 60.2 Å². The van der Waals surface area contributed by atoms with E-state index >= 15 is 0 Å². The summed E-state index contributed by atoms with van der Waals surface area (Å²) in [5.74, 6) is 0.556. The summed E-state index contributed by atoms with van der Waals surface area (Å²) in [5, 5.41) is 0.987. The zero-order valence-corrected chi connectivity index (χ0v) is 16.4. The third kappa shape index (κ3) is 2.75. The van der Waals surface area contributed by atoms with Crippen molar-refractivity contribution in [1.29, 1.82) is 0 Å². The topological polar surface area (TPSA) is 46.6 Å². The van der Waals surface area contributed by atoms with Crippen molar-refractivity contribution in [3.63, 3.8) is 0 Å². The van der Waals surface area contributed by atoms with E-state index in [2.05, 4.69) is 12.2 Å². The largest absolute Gasteiger partial charge is 0.489 e. The summed E-state index contributed by atoms with van der Waals surface area (Å²) in [6, 6.07) is 12.4. The molecule has 3 aliphatic rings. The molecule has 1 heterocycles. The molecule has 1 saturated carbocycles. The van der Waals surface area contributed by atoms with E-state index in [0.29, 0.717) is 28.1 Å². The monoisotopic (exact) mass is 413 g/mol. The number of carbonyl (C=O) groups excluding carboxylic acids is 2. The number of hydrogen-bond donors (Lipinski definition) is 0. The number of anilines is 1. The Morgan fingerprint density at radius 2 is 1.54 bits per heavy atom. The van der Waals surface area contributed by atoms with Gasteiger partial charge in [-0.1, -0.05) is 41.4 Å². The maximum absolute atomic E-state index is 12.9. The van der Waals surface area contributed by atoms with Crippen LogP contribution in [-0.2, 0) is 16.2 Å². The van der Waals surface area contributed by atoms with E-state index in [9.17, 15) is 9.59 Å². The van der Waals surface area contributed by atoms with Crippen LogP contribution in [0.1, 0.15) is 12.0 Å². The first-order valence-corrected chi connectivity index (χ1v) is 10.0. The molecule has 2 fully saturated rings. The highest BCUT2D eigenvalue weighted by Gasteiger charge is 2.59. The molecule has 28 heavy (non-hydrogen) atoms. The minimum absolute atomic E-state index is 0.0728. The third-order valence-electron chi connectivity index (χ3n) is 5.95. The number of ether oxygens (including phenoxy) is 1. The van der Waals surface area contributed by atoms with E-state index in [1.165, 1.54) is 4.90 Å². The first-order chi connectivity index (χ1) is 13.5. The van der Waals surface area contributed by atoms with Gasteiger partial charge in [0.15, 0.2) is 0 Å². The van der Waals surface area contributed by atoms with Crippen LogP contribution in [-0.4, -0.2) is 11.8 Å². The van der Waals surface area contributed by atoms with Gasteiger partial charge in [-0.25, -0.2) is 0 Å². The van der Waals surface area contributed by atoms with Gasteiger partial charge in [0.25, 0.3) is 0 Å². The van der Waals surface area contributed by atoms with E-state index in [4.69, 9.17) is 27.9 Å². The lowest BCUT2D eigenvalue weighted by Crippen LogP contribution is -2.32. The maximum Gasteiger partial charge on any atom is 0.238 e. The Balaban J connectivity index is 1.30. The molecular formula is C22H17Cl2NO3. The average molecular weight is 414 g/mol. The molecule has 1 aliphatic heterocycles. The molecule has 2 bridgehead atoms. The van der Waals surface area contributed by atoms with Crippen LogP contribution in [0.2, 0.25) is 10.0 Å². The number of halogens is 2. The summed E-state index contributed by atoms with van der Waals surface area (Å²) < 4.78 is 5.78. The first kappa shape index (κ1) is 17.8. The Labute approximate surface area is 172 Å². The molecule has 142 valence electrons. The Morgan fingerprint density at radius 3 is 2.14 bits per heavy atom. The fourth-order valence-electron chi connectivity index (χ4n) is 4.64. The number of benzene rings is 2. The van der Waals surface area contributed by atoms with Gasteiger partial charge in [0, 0.05) is 0 Å². The van der Waals surface area contributed by atoms with Crippen molar-refractivity contribution in [2.45, 2.75) is 13.0 Å². The van der Waals surface area contributed by atoms with E-state index in [-0.39, 0.29) is 35.5 Å². The highest BCUT2D eigenvalue weighted by atomic mass is 35.5. The number of carbonyl (C=O) groups is 2. The van der Waals surface area contributed by atoms with Crippen LogP contribution in [0, 0.1) is 23.7 Å². The zero-order chi connectivity index (χ0) is 19.4. The van der Waals surface area contributed by atoms with Crippen LogP contribution in [0.15, 0.2) is 54.6 Å². The van der Waals surface area contributed by atoms with Gasteiger partial charge >= 0.3 is 0 Å². The van der Waals surface area contributed by atoms with Crippen LogP contribution in [0.4, 0.5) is 5.69 Å². The fourth-order valence-corrected chi connectivity index (χ4v) is 4.97. The van der Waals surface area contributed by atoms with Crippen molar-refractivity contribution >= 4 is 40.7 Å². The van der Waals surface area contributed by atoms with Gasteiger partial charge in [-0.2, -0.15) is 0 Å². The van der Waals surface area contributed by atoms with Crippen LogP contribution in [0.5, 0.6) is 5.75 Å². The lowest BCUT2D eigenvalue weighted by atomic mass is 9.85. The third-order valence-corrected chi connectivity index (χ3v) is 6.69. The lowest BCUT2D eigenvalue weighted by Gasteiger charge is -2.17. The summed E-state index contributed by atoms with van der Waals surface area (Å²) in [7, 11) is 0. The number of imide groups is 1. The molecule has 6 heteroatoms. The number of nitrogens with zero attached hydrogens (tertiary/aromatic N) is 1. The molecule has 0 aromatic heterocycles. The number of hydrogen-bond acceptors (Lipinski definition) is 3. The van der Waals surface area contributed by atoms with E-state index in [0.717, 1.165) is 12.0 Å². The van der Waals surface area contributed by atoms with Gasteiger partial charge in [0.1, 0.15) is 12.4 Å². The van der Waals surface area contributed by atoms with Gasteiger partial charge in [0.05, 0.1) is 27.6 Å². The summed E-state index contributed by atoms with van der Waals surface area (Å²) in [6.07, 6.45) is 5.13. The van der Waals surface area contributed by atoms with Crippen LogP contribution in [0.3, 0.4) is 0 Å². The van der Waals surface area contributed by atoms with Crippen molar-refractivity contribution in [3.05, 3.63) is 70.2 Å². The minimum Gasteiger partial charge on any atom is -0.489 e. The van der Waals surface area contributed by atoms with Gasteiger partial charge in [-0.15, -0.1) is 0 Å². The van der Waals surface area contributed by atoms with Gasteiger partial charge in [-0.3, -0.25) is 14.5 Å². The van der Waals surface area contributed by atoms with E-state index < -0.39 is 0 Å². The molecular weight excluding hydrogens is 397 g/mol. The second kappa shape index (κ2) is 6.64. The number of rotatable bonds is 4. The molecule has 2 aromatic carbocycles. The molecule has 5 rings (SSSR count). The Bertz CT molecular complexity index is 971. The van der Waals surface area contributed by atoms with Crippen LogP contribution >= 0.6 is 23.2 Å². The Kier molecular flexibility index (Phi) is 4.22. The fraction of sp³-hybridized carbons (Fsp3) is 0.273. The zero-order valence-electron chi connectivity index (χ0n) is 14.8. The highest BCUT2D eigenvalue weighted by Crippen LogP contribution is 2.53. The van der Waals surface area contributed by atoms with Crippen molar-refractivity contribution < 1.29 is 14.3 Å². The molecule has 0 N–H and O–H groups in total. The molecule has 2 aliphatic carbocycles. The molecule has 2 aromatic rings.